The number of nitrogens with one attached hydrogen (secondary N) is 1. The first-order valence-electron chi connectivity index (χ1n) is 7.78. The second-order valence-electron chi connectivity index (χ2n) is 5.57. The molecule has 6 heteroatoms. The molecule has 2 aromatic rings. The van der Waals surface area contributed by atoms with E-state index in [4.69, 9.17) is 0 Å². The molecule has 0 saturated carbocycles. The van der Waals surface area contributed by atoms with Crippen molar-refractivity contribution in [2.45, 2.75) is 25.8 Å². The van der Waals surface area contributed by atoms with Crippen molar-refractivity contribution in [3.63, 3.8) is 0 Å². The van der Waals surface area contributed by atoms with Crippen LogP contribution in [0.3, 0.4) is 0 Å². The van der Waals surface area contributed by atoms with Crippen molar-refractivity contribution in [3.8, 4) is 11.3 Å². The van der Waals surface area contributed by atoms with Crippen LogP contribution in [0, 0.1) is 0 Å². The first kappa shape index (κ1) is 14.6. The van der Waals surface area contributed by atoms with Crippen molar-refractivity contribution in [1.29, 1.82) is 0 Å². The summed E-state index contributed by atoms with van der Waals surface area (Å²) in [6.45, 7) is 4.23. The minimum Gasteiger partial charge on any atom is -0.338 e. The molecule has 0 bridgehead atoms. The topological polar surface area (TPSA) is 63.1 Å². The van der Waals surface area contributed by atoms with E-state index in [-0.39, 0.29) is 12.1 Å². The average Bonchev–Trinajstić information content (AvgIpc) is 3.22. The molecule has 1 aliphatic heterocycles. The molecule has 1 saturated heterocycles. The Morgan fingerprint density at radius 2 is 2.18 bits per heavy atom. The number of likely N-dealkylation sites (tertiary alicyclic amines) is 1. The van der Waals surface area contributed by atoms with Gasteiger partial charge in [-0.1, -0.05) is 42.5 Å². The van der Waals surface area contributed by atoms with Crippen LogP contribution in [0.25, 0.3) is 11.3 Å². The SMILES string of the molecule is CCCNC(=O)N1CCC(n2cc(-c3ccccc3)nn2)C1. The first-order valence-corrected chi connectivity index (χ1v) is 7.78. The van der Waals surface area contributed by atoms with Crippen LogP contribution in [0.4, 0.5) is 4.79 Å². The second-order valence-corrected chi connectivity index (χ2v) is 5.57. The van der Waals surface area contributed by atoms with Gasteiger partial charge < -0.3 is 10.2 Å². The van der Waals surface area contributed by atoms with Crippen LogP contribution in [-0.2, 0) is 0 Å². The lowest BCUT2D eigenvalue weighted by Crippen LogP contribution is -2.38. The summed E-state index contributed by atoms with van der Waals surface area (Å²) in [6, 6.07) is 10.2. The van der Waals surface area contributed by atoms with Gasteiger partial charge in [-0.25, -0.2) is 9.48 Å². The highest BCUT2D eigenvalue weighted by molar-refractivity contribution is 5.74. The number of hydrogen-bond donors (Lipinski definition) is 1. The Kier molecular flexibility index (Phi) is 4.37. The van der Waals surface area contributed by atoms with E-state index >= 15 is 0 Å². The molecule has 0 spiro atoms. The molecule has 1 N–H and O–H groups in total. The van der Waals surface area contributed by atoms with Crippen molar-refractivity contribution >= 4 is 6.03 Å². The van der Waals surface area contributed by atoms with Crippen LogP contribution >= 0.6 is 0 Å². The lowest BCUT2D eigenvalue weighted by atomic mass is 10.2. The monoisotopic (exact) mass is 299 g/mol. The zero-order valence-corrected chi connectivity index (χ0v) is 12.8. The molecule has 0 aliphatic carbocycles. The quantitative estimate of drug-likeness (QED) is 0.942. The Hall–Kier alpha value is -2.37. The van der Waals surface area contributed by atoms with Crippen LogP contribution < -0.4 is 5.32 Å². The van der Waals surface area contributed by atoms with E-state index < -0.39 is 0 Å². The molecule has 2 heterocycles. The number of benzene rings is 1. The summed E-state index contributed by atoms with van der Waals surface area (Å²) in [5.41, 5.74) is 1.93. The number of carbonyl (C=O) groups is 1. The molecular weight excluding hydrogens is 278 g/mol. The number of rotatable bonds is 4. The zero-order chi connectivity index (χ0) is 15.4. The predicted molar refractivity (Wildman–Crippen MR) is 84.4 cm³/mol. The van der Waals surface area contributed by atoms with Crippen LogP contribution in [-0.4, -0.2) is 45.6 Å². The van der Waals surface area contributed by atoms with Crippen molar-refractivity contribution in [1.82, 2.24) is 25.2 Å². The number of urea groups is 1. The number of carbonyl (C=O) groups excluding carboxylic acids is 1. The van der Waals surface area contributed by atoms with Crippen molar-refractivity contribution < 1.29 is 4.79 Å². The largest absolute Gasteiger partial charge is 0.338 e. The molecule has 1 unspecified atom stereocenters. The molecule has 6 nitrogen and oxygen atoms in total. The molecule has 1 aliphatic rings. The van der Waals surface area contributed by atoms with Gasteiger partial charge in [0.25, 0.3) is 0 Å². The first-order chi connectivity index (χ1) is 10.8. The molecule has 1 aromatic carbocycles. The second kappa shape index (κ2) is 6.60. The molecule has 1 aromatic heterocycles. The van der Waals surface area contributed by atoms with E-state index in [1.807, 2.05) is 53.0 Å². The molecule has 116 valence electrons. The average molecular weight is 299 g/mol. The van der Waals surface area contributed by atoms with Gasteiger partial charge in [-0.3, -0.25) is 0 Å². The summed E-state index contributed by atoms with van der Waals surface area (Å²) in [6.07, 6.45) is 3.83. The van der Waals surface area contributed by atoms with Gasteiger partial charge in [0.15, 0.2) is 0 Å². The van der Waals surface area contributed by atoms with Gasteiger partial charge in [-0.15, -0.1) is 5.10 Å². The third-order valence-electron chi connectivity index (χ3n) is 3.93. The summed E-state index contributed by atoms with van der Waals surface area (Å²) in [7, 11) is 0. The lowest BCUT2D eigenvalue weighted by Gasteiger charge is -2.16. The van der Waals surface area contributed by atoms with Gasteiger partial charge in [0.05, 0.1) is 12.2 Å². The van der Waals surface area contributed by atoms with Gasteiger partial charge in [0.1, 0.15) is 5.69 Å². The Balaban J connectivity index is 1.64. The zero-order valence-electron chi connectivity index (χ0n) is 12.8. The molecular formula is C16H21N5O. The minimum absolute atomic E-state index is 0.0211. The summed E-state index contributed by atoms with van der Waals surface area (Å²) < 4.78 is 1.88. The number of hydrogen-bond acceptors (Lipinski definition) is 3. The molecule has 3 rings (SSSR count). The van der Waals surface area contributed by atoms with Crippen LogP contribution in [0.2, 0.25) is 0 Å². The van der Waals surface area contributed by atoms with Gasteiger partial charge in [-0.2, -0.15) is 0 Å². The third-order valence-corrected chi connectivity index (χ3v) is 3.93. The van der Waals surface area contributed by atoms with Crippen molar-refractivity contribution in [3.05, 3.63) is 36.5 Å². The summed E-state index contributed by atoms with van der Waals surface area (Å²) in [4.78, 5) is 13.8. The number of nitrogens with zero attached hydrogens (tertiary/aromatic N) is 4. The normalized spacial score (nSPS) is 17.7. The van der Waals surface area contributed by atoms with Crippen molar-refractivity contribution in [2.24, 2.45) is 0 Å². The van der Waals surface area contributed by atoms with E-state index in [0.29, 0.717) is 6.54 Å². The highest BCUT2D eigenvalue weighted by Gasteiger charge is 2.28. The molecule has 22 heavy (non-hydrogen) atoms. The van der Waals surface area contributed by atoms with Gasteiger partial charge >= 0.3 is 6.03 Å². The predicted octanol–water partition coefficient (Wildman–Crippen LogP) is 2.31. The Labute approximate surface area is 130 Å². The molecule has 1 atom stereocenters. The van der Waals surface area contributed by atoms with Gasteiger partial charge in [0, 0.05) is 25.2 Å². The molecule has 0 radical (unpaired) electrons. The van der Waals surface area contributed by atoms with E-state index in [1.165, 1.54) is 0 Å². The van der Waals surface area contributed by atoms with Crippen molar-refractivity contribution in [2.75, 3.05) is 19.6 Å². The van der Waals surface area contributed by atoms with E-state index in [2.05, 4.69) is 15.6 Å². The summed E-state index contributed by atoms with van der Waals surface area (Å²) in [5, 5.41) is 11.4. The van der Waals surface area contributed by atoms with E-state index in [1.54, 1.807) is 0 Å². The summed E-state index contributed by atoms with van der Waals surface area (Å²) >= 11 is 0. The van der Waals surface area contributed by atoms with E-state index in [9.17, 15) is 4.79 Å². The maximum absolute atomic E-state index is 12.0. The molecule has 1 fully saturated rings. The number of aromatic nitrogens is 3. The van der Waals surface area contributed by atoms with Gasteiger partial charge in [0.2, 0.25) is 0 Å². The Morgan fingerprint density at radius 3 is 2.95 bits per heavy atom. The fraction of sp³-hybridized carbons (Fsp3) is 0.438. The fourth-order valence-corrected chi connectivity index (χ4v) is 2.68. The van der Waals surface area contributed by atoms with Crippen LogP contribution in [0.1, 0.15) is 25.8 Å². The maximum Gasteiger partial charge on any atom is 0.317 e. The van der Waals surface area contributed by atoms with Crippen LogP contribution in [0.15, 0.2) is 36.5 Å². The summed E-state index contributed by atoms with van der Waals surface area (Å²) in [5.74, 6) is 0. The number of amides is 2. The lowest BCUT2D eigenvalue weighted by molar-refractivity contribution is 0.207. The Morgan fingerprint density at radius 1 is 1.36 bits per heavy atom. The maximum atomic E-state index is 12.0. The highest BCUT2D eigenvalue weighted by Crippen LogP contribution is 2.23. The smallest absolute Gasteiger partial charge is 0.317 e. The highest BCUT2D eigenvalue weighted by atomic mass is 16.2. The third kappa shape index (κ3) is 3.10. The standard InChI is InChI=1S/C16H21N5O/c1-2-9-17-16(22)20-10-8-14(11-20)21-12-15(18-19-21)13-6-4-3-5-7-13/h3-7,12,14H,2,8-11H2,1H3,(H,17,22). The Bertz CT molecular complexity index is 624. The van der Waals surface area contributed by atoms with Gasteiger partial charge in [-0.05, 0) is 12.8 Å². The fourth-order valence-electron chi connectivity index (χ4n) is 2.68. The van der Waals surface area contributed by atoms with E-state index in [0.717, 1.165) is 37.2 Å². The van der Waals surface area contributed by atoms with Crippen LogP contribution in [0.5, 0.6) is 0 Å². The minimum atomic E-state index is 0.0211. The molecule has 2 amide bonds.